The SMILES string of the molecule is CC1(CN)CCC2CC21. The highest BCUT2D eigenvalue weighted by Crippen LogP contribution is 2.61. The van der Waals surface area contributed by atoms with Crippen LogP contribution in [0, 0.1) is 17.3 Å². The second-order valence-corrected chi connectivity index (χ2v) is 4.00. The fourth-order valence-electron chi connectivity index (χ4n) is 2.37. The first-order chi connectivity index (χ1) is 4.26. The van der Waals surface area contributed by atoms with Crippen molar-refractivity contribution in [2.24, 2.45) is 23.0 Å². The summed E-state index contributed by atoms with van der Waals surface area (Å²) in [4.78, 5) is 0. The molecule has 52 valence electrons. The number of fused-ring (bicyclic) bond motifs is 1. The lowest BCUT2D eigenvalue weighted by Gasteiger charge is -2.23. The highest BCUT2D eigenvalue weighted by Gasteiger charge is 2.54. The van der Waals surface area contributed by atoms with Gasteiger partial charge in [0.2, 0.25) is 0 Å². The van der Waals surface area contributed by atoms with Crippen LogP contribution in [0.1, 0.15) is 26.2 Å². The zero-order chi connectivity index (χ0) is 6.48. The zero-order valence-corrected chi connectivity index (χ0v) is 6.06. The predicted octanol–water partition coefficient (Wildman–Crippen LogP) is 1.38. The molecule has 2 aliphatic carbocycles. The third kappa shape index (κ3) is 0.644. The van der Waals surface area contributed by atoms with Gasteiger partial charge in [0.05, 0.1) is 0 Å². The second kappa shape index (κ2) is 1.51. The molecule has 0 aromatic carbocycles. The minimum Gasteiger partial charge on any atom is -0.330 e. The molecule has 0 amide bonds. The summed E-state index contributed by atoms with van der Waals surface area (Å²) in [5, 5.41) is 0. The largest absolute Gasteiger partial charge is 0.330 e. The third-order valence-electron chi connectivity index (χ3n) is 3.37. The van der Waals surface area contributed by atoms with E-state index in [1.807, 2.05) is 0 Å². The van der Waals surface area contributed by atoms with Crippen LogP contribution in [0.3, 0.4) is 0 Å². The molecule has 0 bridgehead atoms. The molecule has 2 N–H and O–H groups in total. The van der Waals surface area contributed by atoms with E-state index in [0.717, 1.165) is 18.4 Å². The molecular formula is C8H15N. The van der Waals surface area contributed by atoms with Crippen LogP contribution in [0.15, 0.2) is 0 Å². The minimum absolute atomic E-state index is 0.546. The molecule has 0 heterocycles. The van der Waals surface area contributed by atoms with E-state index in [1.165, 1.54) is 19.3 Å². The summed E-state index contributed by atoms with van der Waals surface area (Å²) >= 11 is 0. The molecule has 0 radical (unpaired) electrons. The van der Waals surface area contributed by atoms with Gasteiger partial charge in [-0.05, 0) is 43.1 Å². The number of hydrogen-bond acceptors (Lipinski definition) is 1. The first-order valence-corrected chi connectivity index (χ1v) is 3.96. The molecule has 2 aliphatic rings. The maximum absolute atomic E-state index is 5.69. The Morgan fingerprint density at radius 2 is 2.44 bits per heavy atom. The normalized spacial score (nSPS) is 55.3. The first kappa shape index (κ1) is 5.72. The molecule has 0 aliphatic heterocycles. The Bertz CT molecular complexity index is 133. The van der Waals surface area contributed by atoms with Crippen molar-refractivity contribution >= 4 is 0 Å². The van der Waals surface area contributed by atoms with Gasteiger partial charge in [0.1, 0.15) is 0 Å². The van der Waals surface area contributed by atoms with Crippen LogP contribution in [0.4, 0.5) is 0 Å². The van der Waals surface area contributed by atoms with E-state index in [9.17, 15) is 0 Å². The molecule has 1 heteroatoms. The average Bonchev–Trinajstić information content (AvgIpc) is 2.58. The van der Waals surface area contributed by atoms with Crippen LogP contribution in [0.2, 0.25) is 0 Å². The minimum atomic E-state index is 0.546. The van der Waals surface area contributed by atoms with Crippen LogP contribution in [-0.4, -0.2) is 6.54 Å². The molecule has 0 aromatic heterocycles. The van der Waals surface area contributed by atoms with Crippen molar-refractivity contribution in [3.8, 4) is 0 Å². The van der Waals surface area contributed by atoms with Gasteiger partial charge >= 0.3 is 0 Å². The van der Waals surface area contributed by atoms with E-state index in [2.05, 4.69) is 6.92 Å². The molecule has 0 aromatic rings. The quantitative estimate of drug-likeness (QED) is 0.563. The molecule has 0 saturated heterocycles. The Hall–Kier alpha value is -0.0400. The van der Waals surface area contributed by atoms with Gasteiger partial charge in [0.25, 0.3) is 0 Å². The molecule has 2 fully saturated rings. The van der Waals surface area contributed by atoms with Crippen molar-refractivity contribution < 1.29 is 0 Å². The lowest BCUT2D eigenvalue weighted by Crippen LogP contribution is -2.26. The summed E-state index contributed by atoms with van der Waals surface area (Å²) in [7, 11) is 0. The first-order valence-electron chi connectivity index (χ1n) is 3.96. The van der Waals surface area contributed by atoms with E-state index in [4.69, 9.17) is 5.73 Å². The van der Waals surface area contributed by atoms with Crippen LogP contribution in [0.25, 0.3) is 0 Å². The van der Waals surface area contributed by atoms with Crippen molar-refractivity contribution in [1.82, 2.24) is 0 Å². The van der Waals surface area contributed by atoms with Crippen LogP contribution >= 0.6 is 0 Å². The predicted molar refractivity (Wildman–Crippen MR) is 38.0 cm³/mol. The Kier molecular flexibility index (Phi) is 0.963. The number of nitrogens with two attached hydrogens (primary N) is 1. The van der Waals surface area contributed by atoms with Crippen molar-refractivity contribution in [3.05, 3.63) is 0 Å². The van der Waals surface area contributed by atoms with Gasteiger partial charge in [-0.25, -0.2) is 0 Å². The van der Waals surface area contributed by atoms with Gasteiger partial charge in [0.15, 0.2) is 0 Å². The zero-order valence-electron chi connectivity index (χ0n) is 6.06. The van der Waals surface area contributed by atoms with Gasteiger partial charge in [-0.1, -0.05) is 6.92 Å². The number of rotatable bonds is 1. The summed E-state index contributed by atoms with van der Waals surface area (Å²) in [6.07, 6.45) is 4.32. The molecule has 3 unspecified atom stereocenters. The van der Waals surface area contributed by atoms with E-state index in [1.54, 1.807) is 0 Å². The molecule has 0 spiro atoms. The lowest BCUT2D eigenvalue weighted by molar-refractivity contribution is 0.298. The van der Waals surface area contributed by atoms with Crippen molar-refractivity contribution in [3.63, 3.8) is 0 Å². The second-order valence-electron chi connectivity index (χ2n) is 4.00. The van der Waals surface area contributed by atoms with E-state index >= 15 is 0 Å². The maximum atomic E-state index is 5.69. The summed E-state index contributed by atoms with van der Waals surface area (Å²) in [5.74, 6) is 2.10. The highest BCUT2D eigenvalue weighted by atomic mass is 14.7. The van der Waals surface area contributed by atoms with Gasteiger partial charge in [-0.3, -0.25) is 0 Å². The third-order valence-corrected chi connectivity index (χ3v) is 3.37. The average molecular weight is 125 g/mol. The van der Waals surface area contributed by atoms with E-state index in [0.29, 0.717) is 5.41 Å². The molecule has 2 saturated carbocycles. The van der Waals surface area contributed by atoms with E-state index < -0.39 is 0 Å². The van der Waals surface area contributed by atoms with Crippen LogP contribution < -0.4 is 5.73 Å². The Labute approximate surface area is 56.6 Å². The molecule has 3 atom stereocenters. The van der Waals surface area contributed by atoms with Crippen molar-refractivity contribution in [2.45, 2.75) is 26.2 Å². The Morgan fingerprint density at radius 1 is 1.67 bits per heavy atom. The molecule has 2 rings (SSSR count). The van der Waals surface area contributed by atoms with E-state index in [-0.39, 0.29) is 0 Å². The Morgan fingerprint density at radius 3 is 2.67 bits per heavy atom. The monoisotopic (exact) mass is 125 g/mol. The fraction of sp³-hybridized carbons (Fsp3) is 1.00. The summed E-state index contributed by atoms with van der Waals surface area (Å²) in [5.41, 5.74) is 6.23. The smallest absolute Gasteiger partial charge is 0.00204 e. The standard InChI is InChI=1S/C8H15N/c1-8(5-9)3-2-6-4-7(6)8/h6-7H,2-5,9H2,1H3. The topological polar surface area (TPSA) is 26.0 Å². The molecule has 1 nitrogen and oxygen atoms in total. The van der Waals surface area contributed by atoms with Crippen molar-refractivity contribution in [2.75, 3.05) is 6.54 Å². The molecule has 9 heavy (non-hydrogen) atoms. The van der Waals surface area contributed by atoms with Gasteiger partial charge in [-0.2, -0.15) is 0 Å². The fourth-order valence-corrected chi connectivity index (χ4v) is 2.37. The maximum Gasteiger partial charge on any atom is -0.00204 e. The molecular weight excluding hydrogens is 110 g/mol. The van der Waals surface area contributed by atoms with Gasteiger partial charge < -0.3 is 5.73 Å². The summed E-state index contributed by atoms with van der Waals surface area (Å²) < 4.78 is 0. The van der Waals surface area contributed by atoms with Gasteiger partial charge in [0, 0.05) is 0 Å². The Balaban J connectivity index is 2.11. The van der Waals surface area contributed by atoms with Gasteiger partial charge in [-0.15, -0.1) is 0 Å². The van der Waals surface area contributed by atoms with Crippen LogP contribution in [-0.2, 0) is 0 Å². The van der Waals surface area contributed by atoms with Crippen molar-refractivity contribution in [1.29, 1.82) is 0 Å². The summed E-state index contributed by atoms with van der Waals surface area (Å²) in [6.45, 7) is 3.26. The number of hydrogen-bond donors (Lipinski definition) is 1. The lowest BCUT2D eigenvalue weighted by atomic mass is 9.85. The summed E-state index contributed by atoms with van der Waals surface area (Å²) in [6, 6.07) is 0. The highest BCUT2D eigenvalue weighted by molar-refractivity contribution is 5.04. The van der Waals surface area contributed by atoms with Crippen LogP contribution in [0.5, 0.6) is 0 Å².